The summed E-state index contributed by atoms with van der Waals surface area (Å²) in [5.41, 5.74) is 6.96. The molecule has 1 atom stereocenters. The minimum Gasteiger partial charge on any atom is -0.493 e. The summed E-state index contributed by atoms with van der Waals surface area (Å²) in [6, 6.07) is 5.97. The first kappa shape index (κ1) is 14.2. The highest BCUT2D eigenvalue weighted by Crippen LogP contribution is 2.32. The van der Waals surface area contributed by atoms with Crippen molar-refractivity contribution < 1.29 is 4.74 Å². The molecule has 1 heterocycles. The fourth-order valence-electron chi connectivity index (χ4n) is 2.79. The Kier molecular flexibility index (Phi) is 4.49. The lowest BCUT2D eigenvalue weighted by Crippen LogP contribution is -2.23. The molecule has 1 aromatic rings. The highest BCUT2D eigenvalue weighted by molar-refractivity contribution is 6.30. The number of rotatable bonds is 6. The van der Waals surface area contributed by atoms with Crippen LogP contribution in [0.1, 0.15) is 24.8 Å². The second-order valence-electron chi connectivity index (χ2n) is 6.13. The average molecular weight is 295 g/mol. The maximum absolute atomic E-state index is 6.14. The van der Waals surface area contributed by atoms with Crippen LogP contribution in [0.2, 0.25) is 5.02 Å². The van der Waals surface area contributed by atoms with E-state index in [-0.39, 0.29) is 0 Å². The minimum atomic E-state index is 0.644. The molecule has 0 spiro atoms. The predicted molar refractivity (Wildman–Crippen MR) is 82.1 cm³/mol. The fraction of sp³-hybridized carbons (Fsp3) is 0.625. The number of halogens is 1. The predicted octanol–water partition coefficient (Wildman–Crippen LogP) is 2.91. The number of ether oxygens (including phenoxy) is 1. The van der Waals surface area contributed by atoms with Crippen LogP contribution in [0.15, 0.2) is 18.2 Å². The van der Waals surface area contributed by atoms with Crippen LogP contribution >= 0.6 is 11.6 Å². The van der Waals surface area contributed by atoms with E-state index >= 15 is 0 Å². The van der Waals surface area contributed by atoms with Crippen LogP contribution in [0.4, 0.5) is 0 Å². The van der Waals surface area contributed by atoms with Crippen molar-refractivity contribution in [1.29, 1.82) is 0 Å². The van der Waals surface area contributed by atoms with Crippen molar-refractivity contribution in [2.24, 2.45) is 17.6 Å². The van der Waals surface area contributed by atoms with Crippen molar-refractivity contribution in [3.8, 4) is 5.75 Å². The standard InChI is InChI=1S/C16H23ClN2O/c17-15-3-4-16(20-11-12-1-2-12)14(7-15)10-19-6-5-13(8-18)9-19/h3-4,7,12-13H,1-2,5-6,8-11,18H2. The quantitative estimate of drug-likeness (QED) is 0.877. The second kappa shape index (κ2) is 6.33. The summed E-state index contributed by atoms with van der Waals surface area (Å²) in [7, 11) is 0. The van der Waals surface area contributed by atoms with E-state index in [4.69, 9.17) is 22.1 Å². The number of benzene rings is 1. The highest BCUT2D eigenvalue weighted by atomic mass is 35.5. The average Bonchev–Trinajstić information content (AvgIpc) is 3.16. The Labute approximate surface area is 126 Å². The Morgan fingerprint density at radius 3 is 2.80 bits per heavy atom. The maximum atomic E-state index is 6.14. The lowest BCUT2D eigenvalue weighted by molar-refractivity contribution is 0.279. The first-order valence-electron chi connectivity index (χ1n) is 7.58. The van der Waals surface area contributed by atoms with Gasteiger partial charge >= 0.3 is 0 Å². The van der Waals surface area contributed by atoms with Crippen molar-refractivity contribution >= 4 is 11.6 Å². The van der Waals surface area contributed by atoms with E-state index in [2.05, 4.69) is 4.90 Å². The summed E-state index contributed by atoms with van der Waals surface area (Å²) in [5, 5.41) is 0.786. The molecule has 2 fully saturated rings. The molecule has 0 aromatic heterocycles. The first-order valence-corrected chi connectivity index (χ1v) is 7.96. The molecule has 0 bridgehead atoms. The normalized spacial score (nSPS) is 23.2. The van der Waals surface area contributed by atoms with Gasteiger partial charge in [-0.15, -0.1) is 0 Å². The lowest BCUT2D eigenvalue weighted by atomic mass is 10.1. The molecule has 1 saturated heterocycles. The molecule has 1 aliphatic carbocycles. The summed E-state index contributed by atoms with van der Waals surface area (Å²) < 4.78 is 5.97. The van der Waals surface area contributed by atoms with Gasteiger partial charge in [0.25, 0.3) is 0 Å². The molecule has 1 aromatic carbocycles. The van der Waals surface area contributed by atoms with Crippen LogP contribution in [-0.2, 0) is 6.54 Å². The summed E-state index contributed by atoms with van der Waals surface area (Å²) in [4.78, 5) is 2.45. The van der Waals surface area contributed by atoms with Gasteiger partial charge in [0, 0.05) is 23.7 Å². The van der Waals surface area contributed by atoms with Crippen LogP contribution in [0.3, 0.4) is 0 Å². The van der Waals surface area contributed by atoms with Gasteiger partial charge in [-0.3, -0.25) is 4.90 Å². The molecule has 1 aliphatic heterocycles. The van der Waals surface area contributed by atoms with E-state index in [0.29, 0.717) is 5.92 Å². The van der Waals surface area contributed by atoms with Gasteiger partial charge in [-0.25, -0.2) is 0 Å². The van der Waals surface area contributed by atoms with E-state index in [1.807, 2.05) is 18.2 Å². The fourth-order valence-corrected chi connectivity index (χ4v) is 2.99. The zero-order valence-electron chi connectivity index (χ0n) is 11.9. The van der Waals surface area contributed by atoms with E-state index in [1.165, 1.54) is 24.8 Å². The molecular formula is C16H23ClN2O. The Morgan fingerprint density at radius 1 is 1.25 bits per heavy atom. The maximum Gasteiger partial charge on any atom is 0.123 e. The molecule has 3 nitrogen and oxygen atoms in total. The SMILES string of the molecule is NCC1CCN(Cc2cc(Cl)ccc2OCC2CC2)C1. The molecule has 1 saturated carbocycles. The van der Waals surface area contributed by atoms with Gasteiger partial charge < -0.3 is 10.5 Å². The van der Waals surface area contributed by atoms with E-state index < -0.39 is 0 Å². The van der Waals surface area contributed by atoms with Gasteiger partial charge in [0.1, 0.15) is 5.75 Å². The van der Waals surface area contributed by atoms with Gasteiger partial charge in [-0.05, 0) is 62.4 Å². The molecule has 1 unspecified atom stereocenters. The number of nitrogens with zero attached hydrogens (tertiary/aromatic N) is 1. The zero-order valence-corrected chi connectivity index (χ0v) is 12.6. The summed E-state index contributed by atoms with van der Waals surface area (Å²) >= 11 is 6.14. The first-order chi connectivity index (χ1) is 9.74. The van der Waals surface area contributed by atoms with Gasteiger partial charge in [0.2, 0.25) is 0 Å². The van der Waals surface area contributed by atoms with Crippen molar-refractivity contribution in [1.82, 2.24) is 4.90 Å². The zero-order chi connectivity index (χ0) is 13.9. The molecule has 20 heavy (non-hydrogen) atoms. The molecule has 3 rings (SSSR count). The van der Waals surface area contributed by atoms with Gasteiger partial charge in [0.05, 0.1) is 6.61 Å². The number of hydrogen-bond donors (Lipinski definition) is 1. The Balaban J connectivity index is 1.65. The van der Waals surface area contributed by atoms with Crippen LogP contribution in [0.5, 0.6) is 5.75 Å². The van der Waals surface area contributed by atoms with Crippen LogP contribution in [-0.4, -0.2) is 31.1 Å². The Hall–Kier alpha value is -0.770. The Bertz CT molecular complexity index is 462. The van der Waals surface area contributed by atoms with Crippen LogP contribution in [0.25, 0.3) is 0 Å². The molecule has 2 aliphatic rings. The minimum absolute atomic E-state index is 0.644. The second-order valence-corrected chi connectivity index (χ2v) is 6.57. The molecule has 0 radical (unpaired) electrons. The van der Waals surface area contributed by atoms with Crippen molar-refractivity contribution in [3.63, 3.8) is 0 Å². The molecule has 0 amide bonds. The summed E-state index contributed by atoms with van der Waals surface area (Å²) in [5.74, 6) is 2.41. The number of hydrogen-bond acceptors (Lipinski definition) is 3. The topological polar surface area (TPSA) is 38.5 Å². The monoisotopic (exact) mass is 294 g/mol. The third kappa shape index (κ3) is 3.66. The van der Waals surface area contributed by atoms with Crippen molar-refractivity contribution in [3.05, 3.63) is 28.8 Å². The van der Waals surface area contributed by atoms with Crippen molar-refractivity contribution in [2.75, 3.05) is 26.2 Å². The van der Waals surface area contributed by atoms with Gasteiger partial charge in [0.15, 0.2) is 0 Å². The molecule has 2 N–H and O–H groups in total. The summed E-state index contributed by atoms with van der Waals surface area (Å²) in [6.45, 7) is 4.76. The van der Waals surface area contributed by atoms with E-state index in [9.17, 15) is 0 Å². The van der Waals surface area contributed by atoms with Gasteiger partial charge in [-0.2, -0.15) is 0 Å². The Morgan fingerprint density at radius 2 is 2.10 bits per heavy atom. The largest absolute Gasteiger partial charge is 0.493 e. The third-order valence-electron chi connectivity index (χ3n) is 4.29. The van der Waals surface area contributed by atoms with E-state index in [0.717, 1.165) is 49.5 Å². The van der Waals surface area contributed by atoms with Crippen LogP contribution < -0.4 is 10.5 Å². The number of nitrogens with two attached hydrogens (primary N) is 1. The van der Waals surface area contributed by atoms with Crippen molar-refractivity contribution in [2.45, 2.75) is 25.8 Å². The van der Waals surface area contributed by atoms with Crippen LogP contribution in [0, 0.1) is 11.8 Å². The smallest absolute Gasteiger partial charge is 0.123 e. The molecule has 4 heteroatoms. The third-order valence-corrected chi connectivity index (χ3v) is 4.53. The lowest BCUT2D eigenvalue weighted by Gasteiger charge is -2.19. The molecule has 110 valence electrons. The highest BCUT2D eigenvalue weighted by Gasteiger charge is 2.24. The van der Waals surface area contributed by atoms with E-state index in [1.54, 1.807) is 0 Å². The van der Waals surface area contributed by atoms with Gasteiger partial charge in [-0.1, -0.05) is 11.6 Å². The molecular weight excluding hydrogens is 272 g/mol. The summed E-state index contributed by atoms with van der Waals surface area (Å²) in [6.07, 6.45) is 3.83. The number of likely N-dealkylation sites (tertiary alicyclic amines) is 1.